The van der Waals surface area contributed by atoms with E-state index in [1.165, 1.54) is 6.42 Å². The zero-order chi connectivity index (χ0) is 15.5. The fourth-order valence-electron chi connectivity index (χ4n) is 2.96. The molecule has 1 fully saturated rings. The Balaban J connectivity index is 2.04. The van der Waals surface area contributed by atoms with Gasteiger partial charge in [0.05, 0.1) is 10.6 Å². The van der Waals surface area contributed by atoms with Gasteiger partial charge in [0.15, 0.2) is 9.84 Å². The third-order valence-electron chi connectivity index (χ3n) is 4.64. The first-order valence-electron chi connectivity index (χ1n) is 7.70. The Labute approximate surface area is 128 Å². The molecule has 1 heterocycles. The lowest BCUT2D eigenvalue weighted by Gasteiger charge is -2.37. The number of piperidine rings is 1. The molecule has 1 aliphatic rings. The van der Waals surface area contributed by atoms with Crippen LogP contribution in [0.1, 0.15) is 32.3 Å². The standard InChI is InChI=1S/C16H26N2O2S/c1-13-5-4-8-18(14(13)2)9-10-21(19,20)16-7-3-6-15(11-16)12-17/h3,6-7,11,13-14H,4-5,8-10,12,17H2,1-2H3. The molecule has 2 rings (SSSR count). The third kappa shape index (κ3) is 4.05. The van der Waals surface area contributed by atoms with Gasteiger partial charge in [-0.2, -0.15) is 0 Å². The molecule has 2 atom stereocenters. The molecule has 0 aliphatic carbocycles. The first-order valence-corrected chi connectivity index (χ1v) is 9.35. The quantitative estimate of drug-likeness (QED) is 0.904. The van der Waals surface area contributed by atoms with Gasteiger partial charge in [-0.3, -0.25) is 4.90 Å². The fraction of sp³-hybridized carbons (Fsp3) is 0.625. The molecule has 5 heteroatoms. The molecular weight excluding hydrogens is 284 g/mol. The summed E-state index contributed by atoms with van der Waals surface area (Å²) in [5.41, 5.74) is 6.44. The molecule has 2 N–H and O–H groups in total. The van der Waals surface area contributed by atoms with E-state index in [9.17, 15) is 8.42 Å². The highest BCUT2D eigenvalue weighted by Gasteiger charge is 2.26. The first kappa shape index (κ1) is 16.5. The van der Waals surface area contributed by atoms with Gasteiger partial charge in [0.2, 0.25) is 0 Å². The SMILES string of the molecule is CC1CCCN(CCS(=O)(=O)c2cccc(CN)c2)C1C. The van der Waals surface area contributed by atoms with Crippen LogP contribution < -0.4 is 5.73 Å². The summed E-state index contributed by atoms with van der Waals surface area (Å²) < 4.78 is 24.9. The smallest absolute Gasteiger partial charge is 0.179 e. The van der Waals surface area contributed by atoms with Crippen molar-refractivity contribution < 1.29 is 8.42 Å². The van der Waals surface area contributed by atoms with E-state index in [1.807, 2.05) is 6.07 Å². The average molecular weight is 310 g/mol. The van der Waals surface area contributed by atoms with Crippen molar-refractivity contribution in [2.24, 2.45) is 11.7 Å². The van der Waals surface area contributed by atoms with Crippen molar-refractivity contribution in [1.29, 1.82) is 0 Å². The van der Waals surface area contributed by atoms with Gasteiger partial charge in [-0.05, 0) is 49.9 Å². The van der Waals surface area contributed by atoms with Crippen molar-refractivity contribution in [3.8, 4) is 0 Å². The molecule has 4 nitrogen and oxygen atoms in total. The Hall–Kier alpha value is -0.910. The Morgan fingerprint density at radius 3 is 2.81 bits per heavy atom. The van der Waals surface area contributed by atoms with Crippen LogP contribution in [0.15, 0.2) is 29.2 Å². The average Bonchev–Trinajstić information content (AvgIpc) is 2.49. The van der Waals surface area contributed by atoms with Crippen LogP contribution in [0, 0.1) is 5.92 Å². The van der Waals surface area contributed by atoms with Crippen molar-refractivity contribution in [3.05, 3.63) is 29.8 Å². The molecule has 1 aromatic rings. The minimum Gasteiger partial charge on any atom is -0.326 e. The highest BCUT2D eigenvalue weighted by atomic mass is 32.2. The minimum absolute atomic E-state index is 0.179. The molecule has 1 aromatic carbocycles. The molecule has 0 spiro atoms. The second-order valence-corrected chi connectivity index (χ2v) is 8.18. The number of nitrogens with zero attached hydrogens (tertiary/aromatic N) is 1. The molecule has 0 amide bonds. The van der Waals surface area contributed by atoms with E-state index in [-0.39, 0.29) is 5.75 Å². The summed E-state index contributed by atoms with van der Waals surface area (Å²) in [6, 6.07) is 7.44. The highest BCUT2D eigenvalue weighted by Crippen LogP contribution is 2.23. The van der Waals surface area contributed by atoms with Crippen molar-refractivity contribution >= 4 is 9.84 Å². The van der Waals surface area contributed by atoms with Crippen molar-refractivity contribution in [2.45, 2.75) is 44.2 Å². The molecule has 1 aliphatic heterocycles. The van der Waals surface area contributed by atoms with Crippen molar-refractivity contribution in [1.82, 2.24) is 4.90 Å². The van der Waals surface area contributed by atoms with Gasteiger partial charge in [0.25, 0.3) is 0 Å². The first-order chi connectivity index (χ1) is 9.94. The molecule has 0 bridgehead atoms. The normalized spacial score (nSPS) is 24.1. The largest absolute Gasteiger partial charge is 0.326 e. The fourth-order valence-corrected chi connectivity index (χ4v) is 4.29. The van der Waals surface area contributed by atoms with Gasteiger partial charge in [0, 0.05) is 19.1 Å². The van der Waals surface area contributed by atoms with Gasteiger partial charge in [-0.1, -0.05) is 19.1 Å². The second kappa shape index (κ2) is 6.90. The monoisotopic (exact) mass is 310 g/mol. The Morgan fingerprint density at radius 2 is 2.10 bits per heavy atom. The van der Waals surface area contributed by atoms with Crippen LogP contribution in [0.25, 0.3) is 0 Å². The van der Waals surface area contributed by atoms with Gasteiger partial charge in [-0.15, -0.1) is 0 Å². The number of hydrogen-bond donors (Lipinski definition) is 1. The number of hydrogen-bond acceptors (Lipinski definition) is 4. The second-order valence-electron chi connectivity index (χ2n) is 6.07. The van der Waals surface area contributed by atoms with Crippen LogP contribution in [-0.4, -0.2) is 38.2 Å². The predicted molar refractivity (Wildman–Crippen MR) is 85.8 cm³/mol. The zero-order valence-corrected chi connectivity index (χ0v) is 13.8. The lowest BCUT2D eigenvalue weighted by molar-refractivity contribution is 0.121. The van der Waals surface area contributed by atoms with E-state index < -0.39 is 9.84 Å². The van der Waals surface area contributed by atoms with Gasteiger partial charge < -0.3 is 5.73 Å². The topological polar surface area (TPSA) is 63.4 Å². The number of benzene rings is 1. The summed E-state index contributed by atoms with van der Waals surface area (Å²) in [6.45, 7) is 6.43. The van der Waals surface area contributed by atoms with Crippen LogP contribution in [0.3, 0.4) is 0 Å². The molecule has 21 heavy (non-hydrogen) atoms. The molecule has 1 saturated heterocycles. The van der Waals surface area contributed by atoms with Gasteiger partial charge in [-0.25, -0.2) is 8.42 Å². The minimum atomic E-state index is -3.23. The lowest BCUT2D eigenvalue weighted by atomic mass is 9.92. The Bertz CT molecular complexity index is 571. The van der Waals surface area contributed by atoms with E-state index in [2.05, 4.69) is 18.7 Å². The number of nitrogens with two attached hydrogens (primary N) is 1. The molecule has 2 unspecified atom stereocenters. The number of rotatable bonds is 5. The number of sulfone groups is 1. The van der Waals surface area contributed by atoms with Crippen LogP contribution in [0.2, 0.25) is 0 Å². The summed E-state index contributed by atoms with van der Waals surface area (Å²) in [6.07, 6.45) is 2.40. The van der Waals surface area contributed by atoms with Crippen LogP contribution >= 0.6 is 0 Å². The summed E-state index contributed by atoms with van der Waals surface area (Å²) in [5, 5.41) is 0. The highest BCUT2D eigenvalue weighted by molar-refractivity contribution is 7.91. The lowest BCUT2D eigenvalue weighted by Crippen LogP contribution is -2.44. The maximum Gasteiger partial charge on any atom is 0.179 e. The zero-order valence-electron chi connectivity index (χ0n) is 13.0. The Kier molecular flexibility index (Phi) is 5.41. The Morgan fingerprint density at radius 1 is 1.33 bits per heavy atom. The van der Waals surface area contributed by atoms with E-state index in [0.717, 1.165) is 18.5 Å². The van der Waals surface area contributed by atoms with E-state index in [1.54, 1.807) is 18.2 Å². The predicted octanol–water partition coefficient (Wildman–Crippen LogP) is 2.04. The maximum absolute atomic E-state index is 12.5. The van der Waals surface area contributed by atoms with Gasteiger partial charge in [0.1, 0.15) is 0 Å². The summed E-state index contributed by atoms with van der Waals surface area (Å²) in [7, 11) is -3.23. The maximum atomic E-state index is 12.5. The van der Waals surface area contributed by atoms with Crippen molar-refractivity contribution in [3.63, 3.8) is 0 Å². The molecule has 0 saturated carbocycles. The van der Waals surface area contributed by atoms with Crippen LogP contribution in [0.5, 0.6) is 0 Å². The van der Waals surface area contributed by atoms with Crippen LogP contribution in [0.4, 0.5) is 0 Å². The van der Waals surface area contributed by atoms with Crippen LogP contribution in [-0.2, 0) is 16.4 Å². The number of likely N-dealkylation sites (tertiary alicyclic amines) is 1. The van der Waals surface area contributed by atoms with Gasteiger partial charge >= 0.3 is 0 Å². The molecule has 118 valence electrons. The summed E-state index contributed by atoms with van der Waals surface area (Å²) >= 11 is 0. The summed E-state index contributed by atoms with van der Waals surface area (Å²) in [4.78, 5) is 2.70. The third-order valence-corrected chi connectivity index (χ3v) is 6.34. The van der Waals surface area contributed by atoms with Crippen molar-refractivity contribution in [2.75, 3.05) is 18.8 Å². The van der Waals surface area contributed by atoms with E-state index in [4.69, 9.17) is 5.73 Å². The van der Waals surface area contributed by atoms with E-state index >= 15 is 0 Å². The van der Waals surface area contributed by atoms with E-state index in [0.29, 0.717) is 29.9 Å². The summed E-state index contributed by atoms with van der Waals surface area (Å²) in [5.74, 6) is 0.819. The molecule has 0 aromatic heterocycles. The molecular formula is C16H26N2O2S. The molecule has 0 radical (unpaired) electrons.